The molecule has 0 bridgehead atoms. The number of nitrogens with zero attached hydrogens (tertiary/aromatic N) is 3. The van der Waals surface area contributed by atoms with Gasteiger partial charge in [0.15, 0.2) is 0 Å². The van der Waals surface area contributed by atoms with Crippen molar-refractivity contribution in [1.29, 1.82) is 0 Å². The second kappa shape index (κ2) is 14.0. The third-order valence-electron chi connectivity index (χ3n) is 10.0. The normalized spacial score (nSPS) is 12.2. The third kappa shape index (κ3) is 6.89. The van der Waals surface area contributed by atoms with Crippen LogP contribution < -0.4 is 0 Å². The molecule has 4 nitrogen and oxygen atoms in total. The number of aromatic hydroxyl groups is 1. The molecule has 52 heavy (non-hydrogen) atoms. The smallest absolute Gasteiger partial charge is 0.148 e. The second-order valence-electron chi connectivity index (χ2n) is 16.1. The summed E-state index contributed by atoms with van der Waals surface area (Å²) in [6.07, 6.45) is 1.83. The molecule has 0 amide bonds. The van der Waals surface area contributed by atoms with Crippen LogP contribution in [0.5, 0.6) is 5.75 Å². The van der Waals surface area contributed by atoms with Gasteiger partial charge in [-0.2, -0.15) is 0 Å². The minimum Gasteiger partial charge on any atom is -0.507 e. The molecule has 0 aliphatic carbocycles. The van der Waals surface area contributed by atoms with E-state index in [1.807, 2.05) is 42.6 Å². The number of phenols is 1. The van der Waals surface area contributed by atoms with Gasteiger partial charge in [0.05, 0.1) is 16.6 Å². The third-order valence-corrected chi connectivity index (χ3v) is 10.0. The summed E-state index contributed by atoms with van der Waals surface area (Å²) >= 11 is 0. The largest absolute Gasteiger partial charge is 0.507 e. The summed E-state index contributed by atoms with van der Waals surface area (Å²) in [5.74, 6) is 0.942. The van der Waals surface area contributed by atoms with Gasteiger partial charge in [-0.3, -0.25) is 9.55 Å². The Kier molecular flexibility index (Phi) is 9.94. The van der Waals surface area contributed by atoms with Gasteiger partial charge in [0.2, 0.25) is 0 Å². The molecule has 0 unspecified atom stereocenters. The Morgan fingerprint density at radius 1 is 0.596 bits per heavy atom. The molecule has 0 saturated carbocycles. The number of phenolic OH excluding ortho intramolecular Hbond substituents is 1. The van der Waals surface area contributed by atoms with Crippen molar-refractivity contribution >= 4 is 11.0 Å². The van der Waals surface area contributed by atoms with Crippen LogP contribution in [0, 0.1) is 6.07 Å². The first-order valence-electron chi connectivity index (χ1n) is 17.7. The first-order valence-corrected chi connectivity index (χ1v) is 17.7. The molecule has 0 radical (unpaired) electrons. The van der Waals surface area contributed by atoms with E-state index < -0.39 is 0 Å². The molecule has 0 atom stereocenters. The predicted octanol–water partition coefficient (Wildman–Crippen LogP) is 11.8. The van der Waals surface area contributed by atoms with E-state index in [1.54, 1.807) is 0 Å². The van der Waals surface area contributed by atoms with Gasteiger partial charge in [-0.15, -0.1) is 29.3 Å². The van der Waals surface area contributed by atoms with Crippen molar-refractivity contribution in [1.82, 2.24) is 14.5 Å². The van der Waals surface area contributed by atoms with Crippen LogP contribution in [0.1, 0.15) is 77.6 Å². The quantitative estimate of drug-likeness (QED) is 0.169. The van der Waals surface area contributed by atoms with Crippen molar-refractivity contribution < 1.29 is 26.2 Å². The molecule has 5 heteroatoms. The van der Waals surface area contributed by atoms with Gasteiger partial charge < -0.3 is 5.11 Å². The minimum atomic E-state index is -0.331. The predicted molar refractivity (Wildman–Crippen MR) is 212 cm³/mol. The summed E-state index contributed by atoms with van der Waals surface area (Å²) in [6, 6.07) is 45.7. The second-order valence-corrected chi connectivity index (χ2v) is 16.1. The van der Waals surface area contributed by atoms with E-state index in [0.717, 1.165) is 50.2 Å². The molecule has 266 valence electrons. The molecule has 7 rings (SSSR count). The van der Waals surface area contributed by atoms with Gasteiger partial charge in [0.1, 0.15) is 11.6 Å². The summed E-state index contributed by atoms with van der Waals surface area (Å²) in [5.41, 5.74) is 10.9. The fraction of sp³-hybridized carbons (Fsp3) is 0.234. The maximum atomic E-state index is 12.2. The number of imidazole rings is 1. The number of fused-ring (bicyclic) bond motifs is 1. The number of benzene rings is 5. The summed E-state index contributed by atoms with van der Waals surface area (Å²) in [4.78, 5) is 10.2. The Labute approximate surface area is 322 Å². The zero-order valence-corrected chi connectivity index (χ0v) is 33.5. The van der Waals surface area contributed by atoms with E-state index in [0.29, 0.717) is 11.4 Å². The Morgan fingerprint density at radius 3 is 1.88 bits per heavy atom. The Hall–Kier alpha value is -4.79. The van der Waals surface area contributed by atoms with Crippen LogP contribution in [0.2, 0.25) is 0 Å². The molecule has 2 heterocycles. The van der Waals surface area contributed by atoms with Crippen LogP contribution in [-0.2, 0) is 37.3 Å². The monoisotopic (exact) mass is 863 g/mol. The average molecular weight is 864 g/mol. The van der Waals surface area contributed by atoms with Crippen molar-refractivity contribution in [3.8, 4) is 45.2 Å². The van der Waals surface area contributed by atoms with Crippen LogP contribution >= 0.6 is 0 Å². The molecule has 7 aromatic rings. The molecule has 0 fully saturated rings. The number of para-hydroxylation sites is 2. The van der Waals surface area contributed by atoms with Crippen molar-refractivity contribution in [3.05, 3.63) is 156 Å². The van der Waals surface area contributed by atoms with Crippen LogP contribution in [0.4, 0.5) is 0 Å². The van der Waals surface area contributed by atoms with E-state index in [9.17, 15) is 5.11 Å². The fourth-order valence-corrected chi connectivity index (χ4v) is 6.90. The summed E-state index contributed by atoms with van der Waals surface area (Å²) in [5, 5.41) is 12.2. The molecular formula is C47H46N3OPt-. The maximum Gasteiger partial charge on any atom is 0.148 e. The molecule has 5 aromatic carbocycles. The molecule has 0 aliphatic heterocycles. The topological polar surface area (TPSA) is 50.9 Å². The number of pyridine rings is 1. The summed E-state index contributed by atoms with van der Waals surface area (Å²) in [6.45, 7) is 17.7. The zero-order valence-electron chi connectivity index (χ0n) is 31.2. The molecule has 1 N–H and O–H groups in total. The van der Waals surface area contributed by atoms with E-state index in [1.165, 1.54) is 11.1 Å². The van der Waals surface area contributed by atoms with Gasteiger partial charge in [-0.25, -0.2) is 4.98 Å². The summed E-state index contributed by atoms with van der Waals surface area (Å²) in [7, 11) is 0. The summed E-state index contributed by atoms with van der Waals surface area (Å²) < 4.78 is 2.19. The van der Waals surface area contributed by atoms with Crippen molar-refractivity contribution in [2.75, 3.05) is 0 Å². The molecule has 0 saturated heterocycles. The first kappa shape index (κ1) is 37.0. The van der Waals surface area contributed by atoms with E-state index >= 15 is 0 Å². The van der Waals surface area contributed by atoms with Gasteiger partial charge in [0, 0.05) is 49.6 Å². The number of aromatic nitrogens is 3. The van der Waals surface area contributed by atoms with E-state index in [2.05, 4.69) is 156 Å². The molecule has 0 spiro atoms. The Morgan fingerprint density at radius 2 is 1.25 bits per heavy atom. The SMILES string of the molecule is CC(C)(C)c1cc(-c2ccccn2)[c-]c(-c2cccc3c2nc(-c2cc(C(C)(C)c4ccccc4)cc(C(C)(C)C)c2O)n3-c2ccccc2)c1.[Pt]. The maximum absolute atomic E-state index is 12.2. The van der Waals surface area contributed by atoms with Crippen LogP contribution in [0.3, 0.4) is 0 Å². The van der Waals surface area contributed by atoms with Crippen LogP contribution in [-0.4, -0.2) is 19.6 Å². The van der Waals surface area contributed by atoms with Crippen molar-refractivity contribution in [2.24, 2.45) is 0 Å². The molecule has 2 aromatic heterocycles. The van der Waals surface area contributed by atoms with Gasteiger partial charge in [-0.05, 0) is 52.3 Å². The Bertz CT molecular complexity index is 2350. The van der Waals surface area contributed by atoms with E-state index in [-0.39, 0.29) is 43.1 Å². The van der Waals surface area contributed by atoms with Gasteiger partial charge >= 0.3 is 0 Å². The first-order chi connectivity index (χ1) is 24.2. The average Bonchev–Trinajstić information content (AvgIpc) is 3.51. The Balaban J connectivity index is 0.00000464. The molecule has 0 aliphatic rings. The molecular weight excluding hydrogens is 818 g/mol. The standard InChI is InChI=1S/C47H46N3O.Pt/c1-45(2,3)34-27-31(26-32(28-34)40-23-15-16-25-48-40)37-22-17-24-41-42(37)49-44(50(41)36-20-13-10-14-21-36)38-29-35(30-39(43(38)51)46(4,5)6)47(7,8)33-18-11-9-12-19-33;/h9-25,27-30,51H,1-8H3;/q-1;. The van der Waals surface area contributed by atoms with Gasteiger partial charge in [-0.1, -0.05) is 145 Å². The number of rotatable bonds is 6. The fourth-order valence-electron chi connectivity index (χ4n) is 6.90. The zero-order chi connectivity index (χ0) is 36.1. The minimum absolute atomic E-state index is 0. The number of hydrogen-bond acceptors (Lipinski definition) is 3. The van der Waals surface area contributed by atoms with Crippen molar-refractivity contribution in [3.63, 3.8) is 0 Å². The van der Waals surface area contributed by atoms with Crippen LogP contribution in [0.15, 0.2) is 128 Å². The number of hydrogen-bond donors (Lipinski definition) is 1. The van der Waals surface area contributed by atoms with E-state index in [4.69, 9.17) is 4.98 Å². The van der Waals surface area contributed by atoms with Crippen molar-refractivity contribution in [2.45, 2.75) is 71.6 Å². The van der Waals surface area contributed by atoms with Crippen LogP contribution in [0.25, 0.3) is 50.5 Å². The van der Waals surface area contributed by atoms with Gasteiger partial charge in [0.25, 0.3) is 0 Å².